The number of anilines is 1. The third-order valence-corrected chi connectivity index (χ3v) is 3.94. The van der Waals surface area contributed by atoms with Gasteiger partial charge in [0, 0.05) is 43.0 Å². The van der Waals surface area contributed by atoms with Gasteiger partial charge in [0.25, 0.3) is 5.91 Å². The number of hydrazone groups is 1. The van der Waals surface area contributed by atoms with Crippen molar-refractivity contribution < 1.29 is 9.59 Å². The van der Waals surface area contributed by atoms with Gasteiger partial charge < -0.3 is 4.90 Å². The minimum atomic E-state index is -0.299. The van der Waals surface area contributed by atoms with Crippen LogP contribution >= 0.6 is 0 Å². The molecule has 0 saturated carbocycles. The Morgan fingerprint density at radius 3 is 2.67 bits per heavy atom. The topological polar surface area (TPSA) is 79.6 Å². The molecule has 1 aromatic carbocycles. The lowest BCUT2D eigenvalue weighted by Crippen LogP contribution is -2.24. The molecule has 0 spiro atoms. The monoisotopic (exact) mass is 325 g/mol. The van der Waals surface area contributed by atoms with Crippen LogP contribution in [0.25, 0.3) is 0 Å². The van der Waals surface area contributed by atoms with Crippen molar-refractivity contribution in [2.45, 2.75) is 19.8 Å². The van der Waals surface area contributed by atoms with Crippen molar-refractivity contribution >= 4 is 23.7 Å². The van der Waals surface area contributed by atoms with Gasteiger partial charge in [-0.25, -0.2) is 5.43 Å². The van der Waals surface area contributed by atoms with E-state index in [1.165, 1.54) is 0 Å². The maximum Gasteiger partial charge on any atom is 0.271 e. The second-order valence-electron chi connectivity index (χ2n) is 5.74. The van der Waals surface area contributed by atoms with Crippen molar-refractivity contribution in [1.82, 2.24) is 15.2 Å². The number of nitrogens with one attached hydrogen (secondary N) is 1. The highest BCUT2D eigenvalue weighted by molar-refractivity contribution is 5.97. The SMILES string of the molecule is Cc1nn(C)cc1/C=N/NC(=O)c1ccc(N2CCCC2=O)cc1. The number of rotatable bonds is 4. The average Bonchev–Trinajstić information content (AvgIpc) is 3.13. The van der Waals surface area contributed by atoms with Crippen LogP contribution in [0.4, 0.5) is 5.69 Å². The first-order chi connectivity index (χ1) is 11.5. The summed E-state index contributed by atoms with van der Waals surface area (Å²) >= 11 is 0. The summed E-state index contributed by atoms with van der Waals surface area (Å²) in [6, 6.07) is 6.96. The second-order valence-corrected chi connectivity index (χ2v) is 5.74. The predicted molar refractivity (Wildman–Crippen MR) is 91.0 cm³/mol. The minimum Gasteiger partial charge on any atom is -0.312 e. The predicted octanol–water partition coefficient (Wildman–Crippen LogP) is 1.62. The van der Waals surface area contributed by atoms with Crippen molar-refractivity contribution in [2.24, 2.45) is 12.1 Å². The smallest absolute Gasteiger partial charge is 0.271 e. The van der Waals surface area contributed by atoms with Gasteiger partial charge in [0.1, 0.15) is 0 Å². The molecule has 1 aliphatic heterocycles. The van der Waals surface area contributed by atoms with E-state index in [0.29, 0.717) is 12.0 Å². The Hall–Kier alpha value is -2.96. The molecule has 7 nitrogen and oxygen atoms in total. The van der Waals surface area contributed by atoms with E-state index in [4.69, 9.17) is 0 Å². The lowest BCUT2D eigenvalue weighted by molar-refractivity contribution is -0.117. The van der Waals surface area contributed by atoms with Crippen molar-refractivity contribution in [3.63, 3.8) is 0 Å². The molecule has 24 heavy (non-hydrogen) atoms. The van der Waals surface area contributed by atoms with E-state index >= 15 is 0 Å². The zero-order chi connectivity index (χ0) is 17.1. The Morgan fingerprint density at radius 2 is 2.08 bits per heavy atom. The van der Waals surface area contributed by atoms with E-state index in [-0.39, 0.29) is 11.8 Å². The maximum atomic E-state index is 12.1. The summed E-state index contributed by atoms with van der Waals surface area (Å²) in [5, 5.41) is 8.16. The van der Waals surface area contributed by atoms with Gasteiger partial charge in [-0.05, 0) is 37.6 Å². The third-order valence-electron chi connectivity index (χ3n) is 3.94. The molecule has 1 N–H and O–H groups in total. The molecule has 2 aromatic rings. The van der Waals surface area contributed by atoms with Crippen LogP contribution in [0.5, 0.6) is 0 Å². The number of hydrogen-bond acceptors (Lipinski definition) is 4. The molecule has 124 valence electrons. The van der Waals surface area contributed by atoms with Gasteiger partial charge in [-0.1, -0.05) is 0 Å². The van der Waals surface area contributed by atoms with Gasteiger partial charge in [0.05, 0.1) is 11.9 Å². The summed E-state index contributed by atoms with van der Waals surface area (Å²) in [4.78, 5) is 25.6. The quantitative estimate of drug-likeness (QED) is 0.685. The molecule has 0 aliphatic carbocycles. The second kappa shape index (κ2) is 6.66. The highest BCUT2D eigenvalue weighted by Crippen LogP contribution is 2.21. The van der Waals surface area contributed by atoms with E-state index in [2.05, 4.69) is 15.6 Å². The van der Waals surface area contributed by atoms with E-state index in [1.54, 1.807) is 40.1 Å². The molecule has 0 atom stereocenters. The zero-order valence-electron chi connectivity index (χ0n) is 13.7. The summed E-state index contributed by atoms with van der Waals surface area (Å²) in [6.07, 6.45) is 4.86. The molecular formula is C17H19N5O2. The van der Waals surface area contributed by atoms with Crippen LogP contribution in [0.3, 0.4) is 0 Å². The first-order valence-electron chi connectivity index (χ1n) is 7.78. The van der Waals surface area contributed by atoms with Crippen LogP contribution < -0.4 is 10.3 Å². The lowest BCUT2D eigenvalue weighted by atomic mass is 10.2. The third kappa shape index (κ3) is 3.34. The Morgan fingerprint density at radius 1 is 1.33 bits per heavy atom. The number of hydrogen-bond donors (Lipinski definition) is 1. The Bertz CT molecular complexity index is 792. The molecule has 0 radical (unpaired) electrons. The fourth-order valence-electron chi connectivity index (χ4n) is 2.68. The van der Waals surface area contributed by atoms with Gasteiger partial charge in [-0.2, -0.15) is 10.2 Å². The Balaban J connectivity index is 1.63. The number of benzene rings is 1. The molecule has 1 fully saturated rings. The van der Waals surface area contributed by atoms with Crippen LogP contribution in [-0.4, -0.2) is 34.4 Å². The molecule has 0 bridgehead atoms. The number of aromatic nitrogens is 2. The maximum absolute atomic E-state index is 12.1. The molecule has 1 aromatic heterocycles. The number of aryl methyl sites for hydroxylation is 2. The first kappa shape index (κ1) is 15.9. The first-order valence-corrected chi connectivity index (χ1v) is 7.78. The number of carbonyl (C=O) groups excluding carboxylic acids is 2. The van der Waals surface area contributed by atoms with Crippen molar-refractivity contribution in [3.8, 4) is 0 Å². The van der Waals surface area contributed by atoms with Crippen molar-refractivity contribution in [3.05, 3.63) is 47.3 Å². The molecule has 3 rings (SSSR count). The summed E-state index contributed by atoms with van der Waals surface area (Å²) in [5.41, 5.74) is 5.50. The van der Waals surface area contributed by atoms with Crippen molar-refractivity contribution in [1.29, 1.82) is 0 Å². The molecular weight excluding hydrogens is 306 g/mol. The Labute approximate surface area is 140 Å². The number of carbonyl (C=O) groups is 2. The van der Waals surface area contributed by atoms with Crippen LogP contribution in [0, 0.1) is 6.92 Å². The number of nitrogens with zero attached hydrogens (tertiary/aromatic N) is 4. The summed E-state index contributed by atoms with van der Waals surface area (Å²) in [7, 11) is 1.83. The van der Waals surface area contributed by atoms with Crippen LogP contribution in [0.15, 0.2) is 35.6 Å². The molecule has 2 heterocycles. The van der Waals surface area contributed by atoms with Gasteiger partial charge >= 0.3 is 0 Å². The van der Waals surface area contributed by atoms with Crippen LogP contribution in [0.2, 0.25) is 0 Å². The van der Waals surface area contributed by atoms with E-state index < -0.39 is 0 Å². The fraction of sp³-hybridized carbons (Fsp3) is 0.294. The Kier molecular flexibility index (Phi) is 4.41. The van der Waals surface area contributed by atoms with Crippen LogP contribution in [0.1, 0.15) is 34.5 Å². The molecule has 1 saturated heterocycles. The molecule has 1 aliphatic rings. The minimum absolute atomic E-state index is 0.128. The van der Waals surface area contributed by atoms with Gasteiger partial charge in [0.15, 0.2) is 0 Å². The highest BCUT2D eigenvalue weighted by atomic mass is 16.2. The van der Waals surface area contributed by atoms with Gasteiger partial charge in [0.2, 0.25) is 5.91 Å². The van der Waals surface area contributed by atoms with Crippen LogP contribution in [-0.2, 0) is 11.8 Å². The summed E-state index contributed by atoms with van der Waals surface area (Å²) in [5.74, 6) is -0.171. The molecule has 2 amide bonds. The highest BCUT2D eigenvalue weighted by Gasteiger charge is 2.21. The van der Waals surface area contributed by atoms with Crippen molar-refractivity contribution in [2.75, 3.05) is 11.4 Å². The number of amides is 2. The largest absolute Gasteiger partial charge is 0.312 e. The molecule has 7 heteroatoms. The standard InChI is InChI=1S/C17H19N5O2/c1-12-14(11-21(2)20-12)10-18-19-17(24)13-5-7-15(8-6-13)22-9-3-4-16(22)23/h5-8,10-11H,3-4,9H2,1-2H3,(H,19,24)/b18-10+. The molecule has 0 unspecified atom stereocenters. The zero-order valence-corrected chi connectivity index (χ0v) is 13.7. The summed E-state index contributed by atoms with van der Waals surface area (Å²) < 4.78 is 1.69. The van der Waals surface area contributed by atoms with E-state index in [0.717, 1.165) is 29.9 Å². The van der Waals surface area contributed by atoms with Gasteiger partial charge in [-0.3, -0.25) is 14.3 Å². The fourth-order valence-corrected chi connectivity index (χ4v) is 2.68. The lowest BCUT2D eigenvalue weighted by Gasteiger charge is -2.15. The van der Waals surface area contributed by atoms with Gasteiger partial charge in [-0.15, -0.1) is 0 Å². The average molecular weight is 325 g/mol. The summed E-state index contributed by atoms with van der Waals surface area (Å²) in [6.45, 7) is 2.61. The van der Waals surface area contributed by atoms with E-state index in [9.17, 15) is 9.59 Å². The van der Waals surface area contributed by atoms with E-state index in [1.807, 2.05) is 20.2 Å². The normalized spacial score (nSPS) is 14.6.